The van der Waals surface area contributed by atoms with Crippen LogP contribution in [0.2, 0.25) is 0 Å². The fourth-order valence-electron chi connectivity index (χ4n) is 1.11. The van der Waals surface area contributed by atoms with E-state index in [1.54, 1.807) is 0 Å². The highest BCUT2D eigenvalue weighted by molar-refractivity contribution is 5.89. The number of carbonyl (C=O) groups is 1. The number of Topliss-reactive ketones (excluding diaryl/α,β-unsaturated/α-hetero) is 1. The second-order valence-corrected chi connectivity index (χ2v) is 2.75. The summed E-state index contributed by atoms with van der Waals surface area (Å²) < 4.78 is 0. The Morgan fingerprint density at radius 2 is 2.11 bits per heavy atom. The van der Waals surface area contributed by atoms with E-state index in [0.717, 1.165) is 12.8 Å². The monoisotopic (exact) mass is 125 g/mol. The van der Waals surface area contributed by atoms with Gasteiger partial charge in [0.1, 0.15) is 5.78 Å². The second kappa shape index (κ2) is 3.00. The lowest BCUT2D eigenvalue weighted by molar-refractivity contribution is -0.122. The molecule has 1 saturated carbocycles. The fraction of sp³-hybridized carbons (Fsp3) is 0.750. The number of hydrogen-bond acceptors (Lipinski definition) is 1. The highest BCUT2D eigenvalue weighted by Gasteiger charge is 2.25. The summed E-state index contributed by atoms with van der Waals surface area (Å²) in [4.78, 5) is 10.5. The molecule has 0 aromatic rings. The standard InChI is InChI=1S/C8H13O/c1-2-3-4-7-5-8(9)6-7/h2-6H2,1H3. The van der Waals surface area contributed by atoms with Crippen molar-refractivity contribution in [2.45, 2.75) is 39.0 Å². The van der Waals surface area contributed by atoms with E-state index in [1.165, 1.54) is 25.2 Å². The van der Waals surface area contributed by atoms with Crippen LogP contribution in [0.25, 0.3) is 0 Å². The van der Waals surface area contributed by atoms with Gasteiger partial charge >= 0.3 is 0 Å². The van der Waals surface area contributed by atoms with E-state index in [1.807, 2.05) is 0 Å². The van der Waals surface area contributed by atoms with Gasteiger partial charge in [0.05, 0.1) is 0 Å². The molecule has 0 atom stereocenters. The number of carbonyl (C=O) groups excluding carboxylic acids is 1. The van der Waals surface area contributed by atoms with Crippen molar-refractivity contribution in [2.24, 2.45) is 0 Å². The molecule has 0 spiro atoms. The third kappa shape index (κ3) is 1.81. The molecule has 0 unspecified atom stereocenters. The highest BCUT2D eigenvalue weighted by atomic mass is 16.1. The summed E-state index contributed by atoms with van der Waals surface area (Å²) in [7, 11) is 0. The largest absolute Gasteiger partial charge is 0.300 e. The minimum atomic E-state index is 0.432. The van der Waals surface area contributed by atoms with Crippen LogP contribution in [0.3, 0.4) is 0 Å². The van der Waals surface area contributed by atoms with Crippen LogP contribution in [0, 0.1) is 5.92 Å². The van der Waals surface area contributed by atoms with Crippen LogP contribution in [0.1, 0.15) is 39.0 Å². The quantitative estimate of drug-likeness (QED) is 0.564. The van der Waals surface area contributed by atoms with Crippen molar-refractivity contribution in [1.82, 2.24) is 0 Å². The van der Waals surface area contributed by atoms with Gasteiger partial charge in [0, 0.05) is 12.8 Å². The molecule has 1 nitrogen and oxygen atoms in total. The number of unbranched alkanes of at least 4 members (excludes halogenated alkanes) is 1. The molecule has 0 N–H and O–H groups in total. The Morgan fingerprint density at radius 3 is 2.56 bits per heavy atom. The second-order valence-electron chi connectivity index (χ2n) is 2.75. The molecule has 1 radical (unpaired) electrons. The van der Waals surface area contributed by atoms with E-state index in [2.05, 4.69) is 6.92 Å². The smallest absolute Gasteiger partial charge is 0.134 e. The van der Waals surface area contributed by atoms with E-state index in [4.69, 9.17) is 0 Å². The first kappa shape index (κ1) is 6.79. The van der Waals surface area contributed by atoms with Crippen molar-refractivity contribution in [3.63, 3.8) is 0 Å². The molecule has 1 rings (SSSR count). The molecule has 0 aromatic carbocycles. The average Bonchev–Trinajstić information content (AvgIpc) is 1.78. The van der Waals surface area contributed by atoms with Gasteiger partial charge in [-0.25, -0.2) is 0 Å². The van der Waals surface area contributed by atoms with Crippen LogP contribution in [0.4, 0.5) is 0 Å². The molecule has 1 fully saturated rings. The molecular formula is C8H13O. The van der Waals surface area contributed by atoms with Gasteiger partial charge in [0.25, 0.3) is 0 Å². The van der Waals surface area contributed by atoms with Gasteiger partial charge in [-0.2, -0.15) is 0 Å². The van der Waals surface area contributed by atoms with Crippen molar-refractivity contribution in [3.05, 3.63) is 5.92 Å². The molecule has 9 heavy (non-hydrogen) atoms. The molecule has 51 valence electrons. The molecule has 0 aromatic heterocycles. The minimum Gasteiger partial charge on any atom is -0.300 e. The molecule has 1 aliphatic carbocycles. The first-order chi connectivity index (χ1) is 4.33. The van der Waals surface area contributed by atoms with Gasteiger partial charge in [-0.15, -0.1) is 0 Å². The third-order valence-corrected chi connectivity index (χ3v) is 1.78. The summed E-state index contributed by atoms with van der Waals surface area (Å²) in [5.74, 6) is 1.91. The Hall–Kier alpha value is -0.330. The van der Waals surface area contributed by atoms with Gasteiger partial charge in [0.2, 0.25) is 0 Å². The van der Waals surface area contributed by atoms with Crippen LogP contribution in [-0.2, 0) is 4.79 Å². The van der Waals surface area contributed by atoms with Gasteiger partial charge in [0.15, 0.2) is 0 Å². The molecule has 0 heterocycles. The van der Waals surface area contributed by atoms with Crippen molar-refractivity contribution in [3.8, 4) is 0 Å². The Balaban J connectivity index is 1.97. The summed E-state index contributed by atoms with van der Waals surface area (Å²) >= 11 is 0. The van der Waals surface area contributed by atoms with E-state index in [9.17, 15) is 4.79 Å². The van der Waals surface area contributed by atoms with Crippen molar-refractivity contribution in [1.29, 1.82) is 0 Å². The average molecular weight is 125 g/mol. The van der Waals surface area contributed by atoms with Crippen LogP contribution in [0.5, 0.6) is 0 Å². The summed E-state index contributed by atoms with van der Waals surface area (Å²) in [6.07, 6.45) is 5.29. The van der Waals surface area contributed by atoms with Crippen LogP contribution in [0.15, 0.2) is 0 Å². The molecule has 1 heteroatoms. The highest BCUT2D eigenvalue weighted by Crippen LogP contribution is 2.29. The fourth-order valence-corrected chi connectivity index (χ4v) is 1.11. The number of rotatable bonds is 3. The van der Waals surface area contributed by atoms with Gasteiger partial charge in [-0.05, 0) is 12.3 Å². The van der Waals surface area contributed by atoms with Crippen molar-refractivity contribution >= 4 is 5.78 Å². The van der Waals surface area contributed by atoms with Crippen LogP contribution in [-0.4, -0.2) is 5.78 Å². The lowest BCUT2D eigenvalue weighted by atomic mass is 9.81. The molecule has 0 saturated heterocycles. The summed E-state index contributed by atoms with van der Waals surface area (Å²) in [5.41, 5.74) is 0. The Labute approximate surface area is 56.4 Å². The first-order valence-corrected chi connectivity index (χ1v) is 3.68. The lowest BCUT2D eigenvalue weighted by Gasteiger charge is -2.22. The van der Waals surface area contributed by atoms with Gasteiger partial charge in [-0.3, -0.25) is 4.79 Å². The summed E-state index contributed by atoms with van der Waals surface area (Å²) in [5, 5.41) is 0. The topological polar surface area (TPSA) is 17.1 Å². The van der Waals surface area contributed by atoms with Crippen molar-refractivity contribution in [2.75, 3.05) is 0 Å². The zero-order valence-electron chi connectivity index (χ0n) is 5.94. The zero-order valence-corrected chi connectivity index (χ0v) is 5.94. The molecular weight excluding hydrogens is 112 g/mol. The van der Waals surface area contributed by atoms with E-state index in [0.29, 0.717) is 5.78 Å². The van der Waals surface area contributed by atoms with Crippen LogP contribution >= 0.6 is 0 Å². The van der Waals surface area contributed by atoms with E-state index >= 15 is 0 Å². The minimum absolute atomic E-state index is 0.432. The molecule has 0 bridgehead atoms. The maximum atomic E-state index is 10.5. The summed E-state index contributed by atoms with van der Waals surface area (Å²) in [6.45, 7) is 2.18. The molecule has 0 aliphatic heterocycles. The van der Waals surface area contributed by atoms with E-state index < -0.39 is 0 Å². The third-order valence-electron chi connectivity index (χ3n) is 1.78. The Bertz CT molecular complexity index is 99.1. The first-order valence-electron chi connectivity index (χ1n) is 3.68. The SMILES string of the molecule is CCCC[C]1CC(=O)C1. The number of hydrogen-bond donors (Lipinski definition) is 0. The van der Waals surface area contributed by atoms with E-state index in [-0.39, 0.29) is 0 Å². The lowest BCUT2D eigenvalue weighted by Crippen LogP contribution is -2.20. The zero-order chi connectivity index (χ0) is 6.69. The van der Waals surface area contributed by atoms with Gasteiger partial charge in [-0.1, -0.05) is 19.8 Å². The predicted octanol–water partition coefficient (Wildman–Crippen LogP) is 2.11. The normalized spacial score (nSPS) is 19.9. The van der Waals surface area contributed by atoms with Gasteiger partial charge < -0.3 is 0 Å². The van der Waals surface area contributed by atoms with Crippen LogP contribution < -0.4 is 0 Å². The maximum absolute atomic E-state index is 10.5. The Morgan fingerprint density at radius 1 is 1.44 bits per heavy atom. The molecule has 0 amide bonds. The number of ketones is 1. The van der Waals surface area contributed by atoms with Crippen molar-refractivity contribution < 1.29 is 4.79 Å². The maximum Gasteiger partial charge on any atom is 0.134 e. The summed E-state index contributed by atoms with van der Waals surface area (Å²) in [6, 6.07) is 0. The Kier molecular flexibility index (Phi) is 2.26. The molecule has 1 aliphatic rings. The predicted molar refractivity (Wildman–Crippen MR) is 37.0 cm³/mol.